The zero-order chi connectivity index (χ0) is 31.0. The quantitative estimate of drug-likeness (QED) is 0.224. The summed E-state index contributed by atoms with van der Waals surface area (Å²) in [5, 5.41) is 8.49. The van der Waals surface area contributed by atoms with Crippen molar-refractivity contribution in [3.63, 3.8) is 0 Å². The topological polar surface area (TPSA) is 0 Å². The molecule has 0 atom stereocenters. The molecule has 0 aliphatic heterocycles. The van der Waals surface area contributed by atoms with Gasteiger partial charge >= 0.3 is 282 Å². The van der Waals surface area contributed by atoms with Gasteiger partial charge in [-0.2, -0.15) is 0 Å². The van der Waals surface area contributed by atoms with Crippen molar-refractivity contribution in [2.45, 2.75) is 26.7 Å². The van der Waals surface area contributed by atoms with Crippen molar-refractivity contribution in [2.75, 3.05) is 0 Å². The minimum absolute atomic E-state index is 0. The van der Waals surface area contributed by atoms with Crippen LogP contribution >= 0.6 is 0 Å². The second-order valence-electron chi connectivity index (χ2n) is 12.6. The molecule has 234 valence electrons. The summed E-state index contributed by atoms with van der Waals surface area (Å²) in [5.74, 6) is 0. The number of allylic oxidation sites excluding steroid dienone is 8. The molecule has 0 radical (unpaired) electrons. The normalized spacial score (nSPS) is 13.9. The molecule has 0 unspecified atom stereocenters. The Morgan fingerprint density at radius 1 is 0.438 bits per heavy atom. The second kappa shape index (κ2) is 14.9. The van der Waals surface area contributed by atoms with Crippen molar-refractivity contribution in [3.05, 3.63) is 187 Å². The van der Waals surface area contributed by atoms with Crippen molar-refractivity contribution in [1.82, 2.24) is 0 Å². The van der Waals surface area contributed by atoms with Gasteiger partial charge in [0.2, 0.25) is 0 Å². The maximum absolute atomic E-state index is 2.57. The first-order valence-electron chi connectivity index (χ1n) is 16.3. The van der Waals surface area contributed by atoms with Gasteiger partial charge in [0, 0.05) is 0 Å². The maximum atomic E-state index is 2.54. The van der Waals surface area contributed by atoms with Crippen molar-refractivity contribution >= 4 is 48.5 Å². The minimum Gasteiger partial charge on any atom is -1.00 e. The third-order valence-corrected chi connectivity index (χ3v) is 29.3. The summed E-state index contributed by atoms with van der Waals surface area (Å²) in [6, 6.07) is 54.5. The zero-order valence-electron chi connectivity index (χ0n) is 27.2. The standard InChI is InChI=1S/2C16H13.C12H10Si.2ClH.Zr/c2*1-12-9-10-14(11-12)16-8-4-6-13-5-2-3-7-15(13)16;1-3-7-11(8-4-1)13-12-9-5-2-6-10-12;;;/h2*2-8,11H,10H2,1H3;1-10H;2*1H;/q;;;;;+2/p-2. The number of hydrogen-bond acceptors (Lipinski definition) is 0. The number of rotatable bonds is 6. The fourth-order valence-corrected chi connectivity index (χ4v) is 29.6. The van der Waals surface area contributed by atoms with Crippen LogP contribution < -0.4 is 35.2 Å². The molecule has 0 fully saturated rings. The minimum atomic E-state index is -2.57. The Kier molecular flexibility index (Phi) is 10.7. The van der Waals surface area contributed by atoms with Gasteiger partial charge in [0.1, 0.15) is 0 Å². The summed E-state index contributed by atoms with van der Waals surface area (Å²) in [6.07, 6.45) is 7.22. The molecule has 0 saturated heterocycles. The summed E-state index contributed by atoms with van der Waals surface area (Å²) < 4.78 is 3.57. The average molecular weight is 755 g/mol. The Hall–Kier alpha value is -3.52. The molecule has 0 spiro atoms. The molecule has 0 amide bonds. The fraction of sp³-hybridized carbons (Fsp3) is 0.0909. The van der Waals surface area contributed by atoms with E-state index in [1.165, 1.54) is 55.0 Å². The molecule has 0 heterocycles. The van der Waals surface area contributed by atoms with Crippen LogP contribution in [-0.4, -0.2) is 5.43 Å². The van der Waals surface area contributed by atoms with E-state index in [4.69, 9.17) is 0 Å². The van der Waals surface area contributed by atoms with Crippen molar-refractivity contribution in [1.29, 1.82) is 0 Å². The van der Waals surface area contributed by atoms with Crippen LogP contribution in [0, 0.1) is 0 Å². The summed E-state index contributed by atoms with van der Waals surface area (Å²) >= 11 is -2.57. The van der Waals surface area contributed by atoms with Crippen molar-refractivity contribution < 1.29 is 45.2 Å². The first kappa shape index (κ1) is 34.3. The zero-order valence-corrected chi connectivity index (χ0v) is 32.2. The van der Waals surface area contributed by atoms with Gasteiger partial charge < -0.3 is 24.8 Å². The summed E-state index contributed by atoms with van der Waals surface area (Å²) in [5.41, 5.74) is 7.76. The van der Waals surface area contributed by atoms with Crippen LogP contribution in [0.5, 0.6) is 0 Å². The Morgan fingerprint density at radius 3 is 1.25 bits per heavy atom. The number of halogens is 2. The molecule has 2 aliphatic rings. The van der Waals surface area contributed by atoms with Gasteiger partial charge in [0.25, 0.3) is 0 Å². The van der Waals surface area contributed by atoms with Crippen LogP contribution in [-0.2, 0) is 20.4 Å². The summed E-state index contributed by atoms with van der Waals surface area (Å²) in [7, 11) is 0. The van der Waals surface area contributed by atoms with Crippen LogP contribution in [0.1, 0.15) is 37.8 Å². The Labute approximate surface area is 304 Å². The van der Waals surface area contributed by atoms with Crippen molar-refractivity contribution in [2.24, 2.45) is 0 Å². The van der Waals surface area contributed by atoms with Crippen LogP contribution in [0.25, 0.3) is 32.7 Å². The molecule has 6 aromatic carbocycles. The number of benzene rings is 6. The molecular weight excluding hydrogens is 719 g/mol. The van der Waals surface area contributed by atoms with E-state index in [9.17, 15) is 0 Å². The van der Waals surface area contributed by atoms with Gasteiger partial charge in [-0.1, -0.05) is 0 Å². The Balaban J connectivity index is 0.00000201. The largest absolute Gasteiger partial charge is 1.00 e. The predicted molar refractivity (Wildman–Crippen MR) is 196 cm³/mol. The van der Waals surface area contributed by atoms with E-state index in [0.29, 0.717) is 0 Å². The van der Waals surface area contributed by atoms with Crippen LogP contribution in [0.2, 0.25) is 0 Å². The molecule has 8 rings (SSSR count). The van der Waals surface area contributed by atoms with Crippen LogP contribution in [0.3, 0.4) is 0 Å². The Morgan fingerprint density at radius 2 is 0.812 bits per heavy atom. The Bertz CT molecular complexity index is 2140. The van der Waals surface area contributed by atoms with E-state index in [2.05, 4.69) is 172 Å². The number of hydrogen-bond donors (Lipinski definition) is 0. The molecule has 0 bridgehead atoms. The molecule has 0 nitrogen and oxygen atoms in total. The average Bonchev–Trinajstić information content (AvgIpc) is 3.69. The van der Waals surface area contributed by atoms with E-state index in [0.717, 1.165) is 12.8 Å². The third kappa shape index (κ3) is 6.45. The van der Waals surface area contributed by atoms with E-state index in [1.54, 1.807) is 16.9 Å². The van der Waals surface area contributed by atoms with E-state index < -0.39 is 25.8 Å². The summed E-state index contributed by atoms with van der Waals surface area (Å²) in [6.45, 7) is 4.82. The molecule has 0 aromatic heterocycles. The molecule has 6 aromatic rings. The van der Waals surface area contributed by atoms with Crippen molar-refractivity contribution in [3.8, 4) is 0 Å². The molecule has 0 saturated carbocycles. The molecular formula is C44H36Cl2SiZr. The fourth-order valence-electron chi connectivity index (χ4n) is 7.54. The molecule has 4 heteroatoms. The third-order valence-electron chi connectivity index (χ3n) is 9.72. The molecule has 2 aliphatic carbocycles. The van der Waals surface area contributed by atoms with E-state index in [-0.39, 0.29) is 24.8 Å². The number of fused-ring (bicyclic) bond motifs is 2. The van der Waals surface area contributed by atoms with Gasteiger partial charge in [0.05, 0.1) is 0 Å². The van der Waals surface area contributed by atoms with Gasteiger partial charge in [-0.25, -0.2) is 0 Å². The predicted octanol–water partition coefficient (Wildman–Crippen LogP) is 4.25. The maximum Gasteiger partial charge on any atom is -1.00 e. The van der Waals surface area contributed by atoms with Gasteiger partial charge in [-0.3, -0.25) is 0 Å². The molecule has 48 heavy (non-hydrogen) atoms. The van der Waals surface area contributed by atoms with Crippen LogP contribution in [0.4, 0.5) is 0 Å². The summed E-state index contributed by atoms with van der Waals surface area (Å²) in [4.78, 5) is 0. The first-order valence-corrected chi connectivity index (χ1v) is 23.9. The van der Waals surface area contributed by atoms with Gasteiger partial charge in [-0.05, 0) is 0 Å². The van der Waals surface area contributed by atoms with Gasteiger partial charge in [-0.15, -0.1) is 0 Å². The second-order valence-corrected chi connectivity index (χ2v) is 25.9. The monoisotopic (exact) mass is 752 g/mol. The van der Waals surface area contributed by atoms with Crippen LogP contribution in [0.15, 0.2) is 175 Å². The van der Waals surface area contributed by atoms with E-state index in [1.807, 2.05) is 0 Å². The first-order chi connectivity index (χ1) is 22.7. The van der Waals surface area contributed by atoms with E-state index >= 15 is 0 Å². The smallest absolute Gasteiger partial charge is 1.00 e. The molecule has 0 N–H and O–H groups in total. The van der Waals surface area contributed by atoms with Gasteiger partial charge in [0.15, 0.2) is 0 Å². The SMILES string of the molecule is CC1=[C]([Zr+2]([C]2=C(C)C=C(c3cccc4ccccc34)C2)=[Si](c2ccccc2)c2ccccc2)CC(c2cccc3ccccc23)=C1.[Cl-].[Cl-].